The van der Waals surface area contributed by atoms with Crippen molar-refractivity contribution in [2.75, 3.05) is 11.9 Å². The summed E-state index contributed by atoms with van der Waals surface area (Å²) in [5.74, 6) is 1.04. The first kappa shape index (κ1) is 12.6. The van der Waals surface area contributed by atoms with Crippen LogP contribution in [0.25, 0.3) is 0 Å². The van der Waals surface area contributed by atoms with Gasteiger partial charge in [0.25, 0.3) is 0 Å². The second-order valence-corrected chi connectivity index (χ2v) is 6.13. The van der Waals surface area contributed by atoms with Crippen molar-refractivity contribution >= 4 is 16.5 Å². The van der Waals surface area contributed by atoms with E-state index in [0.29, 0.717) is 0 Å². The Bertz CT molecular complexity index is 573. The molecule has 0 spiro atoms. The van der Waals surface area contributed by atoms with Gasteiger partial charge in [0.15, 0.2) is 5.13 Å². The van der Waals surface area contributed by atoms with Gasteiger partial charge in [0.2, 0.25) is 0 Å². The van der Waals surface area contributed by atoms with Crippen LogP contribution < -0.4 is 10.6 Å². The van der Waals surface area contributed by atoms with Gasteiger partial charge >= 0.3 is 0 Å². The minimum atomic E-state index is 0.177. The molecule has 0 bridgehead atoms. The molecule has 1 atom stereocenters. The van der Waals surface area contributed by atoms with E-state index in [9.17, 15) is 0 Å². The lowest BCUT2D eigenvalue weighted by Crippen LogP contribution is -2.18. The normalized spacial score (nSPS) is 18.4. The van der Waals surface area contributed by atoms with Gasteiger partial charge in [-0.25, -0.2) is 9.97 Å². The van der Waals surface area contributed by atoms with Gasteiger partial charge in [0.05, 0.1) is 12.2 Å². The van der Waals surface area contributed by atoms with E-state index in [1.807, 2.05) is 24.0 Å². The Balaban J connectivity index is 1.81. The average Bonchev–Trinajstić information content (AvgIpc) is 2.97. The van der Waals surface area contributed by atoms with E-state index in [0.717, 1.165) is 36.8 Å². The predicted octanol–water partition coefficient (Wildman–Crippen LogP) is 1.85. The van der Waals surface area contributed by atoms with Crippen LogP contribution in [0, 0.1) is 0 Å². The molecular formula is C13H19N5S. The molecule has 2 N–H and O–H groups in total. The lowest BCUT2D eigenvalue weighted by molar-refractivity contribution is 0.573. The van der Waals surface area contributed by atoms with Crippen LogP contribution in [0.4, 0.5) is 5.13 Å². The van der Waals surface area contributed by atoms with Crippen LogP contribution in [0.2, 0.25) is 0 Å². The summed E-state index contributed by atoms with van der Waals surface area (Å²) in [6, 6.07) is 0.177. The molecule has 2 aromatic rings. The van der Waals surface area contributed by atoms with Gasteiger partial charge in [-0.05, 0) is 19.3 Å². The van der Waals surface area contributed by atoms with Crippen molar-refractivity contribution in [1.82, 2.24) is 14.5 Å². The van der Waals surface area contributed by atoms with E-state index < -0.39 is 0 Å². The van der Waals surface area contributed by atoms with Gasteiger partial charge in [-0.2, -0.15) is 0 Å². The summed E-state index contributed by atoms with van der Waals surface area (Å²) in [6.07, 6.45) is 7.09. The number of aryl methyl sites for hydroxylation is 2. The lowest BCUT2D eigenvalue weighted by atomic mass is 9.99. The molecule has 0 aliphatic heterocycles. The molecule has 3 rings (SSSR count). The fourth-order valence-corrected chi connectivity index (χ4v) is 3.54. The van der Waals surface area contributed by atoms with Crippen LogP contribution in [0.1, 0.15) is 35.3 Å². The highest BCUT2D eigenvalue weighted by molar-refractivity contribution is 7.15. The molecule has 0 amide bonds. The van der Waals surface area contributed by atoms with Crippen molar-refractivity contribution in [3.05, 3.63) is 28.8 Å². The third-order valence-electron chi connectivity index (χ3n) is 3.61. The number of anilines is 1. The number of nitrogens with zero attached hydrogens (tertiary/aromatic N) is 4. The molecule has 0 saturated heterocycles. The zero-order valence-corrected chi connectivity index (χ0v) is 12.2. The fourth-order valence-electron chi connectivity index (χ4n) is 2.43. The zero-order valence-electron chi connectivity index (χ0n) is 11.3. The van der Waals surface area contributed by atoms with Gasteiger partial charge in [-0.15, -0.1) is 0 Å². The van der Waals surface area contributed by atoms with Crippen LogP contribution in [0.3, 0.4) is 0 Å². The number of thiazole rings is 1. The Labute approximate surface area is 117 Å². The highest BCUT2D eigenvalue weighted by Crippen LogP contribution is 2.36. The molecule has 0 aromatic carbocycles. The number of rotatable bonds is 3. The summed E-state index contributed by atoms with van der Waals surface area (Å²) < 4.78 is 2.04. The van der Waals surface area contributed by atoms with Crippen LogP contribution in [0.15, 0.2) is 12.4 Å². The number of fused-ring (bicyclic) bond motifs is 1. The first-order valence-corrected chi connectivity index (χ1v) is 7.39. The second kappa shape index (κ2) is 4.94. The largest absolute Gasteiger partial charge is 0.344 e. The smallest absolute Gasteiger partial charge is 0.185 e. The summed E-state index contributed by atoms with van der Waals surface area (Å²) in [5.41, 5.74) is 7.35. The Morgan fingerprint density at radius 2 is 2.42 bits per heavy atom. The maximum absolute atomic E-state index is 6.16. The topological polar surface area (TPSA) is 60.0 Å². The summed E-state index contributed by atoms with van der Waals surface area (Å²) in [4.78, 5) is 12.5. The molecule has 1 aliphatic rings. The minimum Gasteiger partial charge on any atom is -0.344 e. The number of nitrogens with two attached hydrogens (primary N) is 1. The third kappa shape index (κ3) is 2.37. The maximum atomic E-state index is 6.16. The first-order chi connectivity index (χ1) is 9.15. The fraction of sp³-hybridized carbons (Fsp3) is 0.538. The van der Waals surface area contributed by atoms with Gasteiger partial charge in [-0.1, -0.05) is 11.3 Å². The van der Waals surface area contributed by atoms with Crippen LogP contribution in [-0.2, 0) is 20.0 Å². The van der Waals surface area contributed by atoms with Crippen LogP contribution in [-0.4, -0.2) is 21.6 Å². The Morgan fingerprint density at radius 3 is 3.11 bits per heavy atom. The third-order valence-corrected chi connectivity index (χ3v) is 4.95. The standard InChI is InChI=1S/C13H19N5S/c1-17-7-6-15-11(17)8-18(2)13-16-10-5-3-4-9(14)12(10)19-13/h6-7,9H,3-5,8,14H2,1-2H3. The molecule has 1 unspecified atom stereocenters. The molecule has 2 heterocycles. The second-order valence-electron chi connectivity index (χ2n) is 5.12. The SMILES string of the molecule is CN(Cc1nccn1C)c1nc2c(s1)C(N)CCC2. The van der Waals surface area contributed by atoms with E-state index in [-0.39, 0.29) is 6.04 Å². The Morgan fingerprint density at radius 1 is 1.58 bits per heavy atom. The Kier molecular flexibility index (Phi) is 3.28. The predicted molar refractivity (Wildman–Crippen MR) is 77.3 cm³/mol. The van der Waals surface area contributed by atoms with Gasteiger partial charge < -0.3 is 15.2 Å². The van der Waals surface area contributed by atoms with Crippen LogP contribution >= 0.6 is 11.3 Å². The molecule has 0 radical (unpaired) electrons. The molecule has 102 valence electrons. The van der Waals surface area contributed by atoms with Crippen molar-refractivity contribution in [3.8, 4) is 0 Å². The molecule has 5 nitrogen and oxygen atoms in total. The Hall–Kier alpha value is -1.40. The molecule has 1 aliphatic carbocycles. The van der Waals surface area contributed by atoms with E-state index in [4.69, 9.17) is 10.7 Å². The molecule has 6 heteroatoms. The lowest BCUT2D eigenvalue weighted by Gasteiger charge is -2.15. The number of imidazole rings is 1. The van der Waals surface area contributed by atoms with E-state index in [1.165, 1.54) is 10.6 Å². The molecule has 2 aromatic heterocycles. The van der Waals surface area contributed by atoms with Crippen molar-refractivity contribution < 1.29 is 0 Å². The highest BCUT2D eigenvalue weighted by Gasteiger charge is 2.23. The molecule has 0 saturated carbocycles. The van der Waals surface area contributed by atoms with Crippen molar-refractivity contribution in [2.24, 2.45) is 12.8 Å². The number of hydrogen-bond acceptors (Lipinski definition) is 5. The highest BCUT2D eigenvalue weighted by atomic mass is 32.1. The summed E-state index contributed by atoms with van der Waals surface area (Å²) >= 11 is 1.73. The monoisotopic (exact) mass is 277 g/mol. The quantitative estimate of drug-likeness (QED) is 0.930. The van der Waals surface area contributed by atoms with Gasteiger partial charge in [0, 0.05) is 37.4 Å². The maximum Gasteiger partial charge on any atom is 0.185 e. The minimum absolute atomic E-state index is 0.177. The summed E-state index contributed by atoms with van der Waals surface area (Å²) in [6.45, 7) is 0.769. The first-order valence-electron chi connectivity index (χ1n) is 6.57. The van der Waals surface area contributed by atoms with Crippen molar-refractivity contribution in [1.29, 1.82) is 0 Å². The zero-order chi connectivity index (χ0) is 13.4. The van der Waals surface area contributed by atoms with Crippen LogP contribution in [0.5, 0.6) is 0 Å². The number of aromatic nitrogens is 3. The molecular weight excluding hydrogens is 258 g/mol. The molecule has 0 fully saturated rings. The van der Waals surface area contributed by atoms with Crippen molar-refractivity contribution in [2.45, 2.75) is 31.8 Å². The van der Waals surface area contributed by atoms with E-state index >= 15 is 0 Å². The summed E-state index contributed by atoms with van der Waals surface area (Å²) in [5, 5.41) is 1.05. The summed E-state index contributed by atoms with van der Waals surface area (Å²) in [7, 11) is 4.07. The van der Waals surface area contributed by atoms with E-state index in [1.54, 1.807) is 11.3 Å². The molecule has 19 heavy (non-hydrogen) atoms. The number of hydrogen-bond donors (Lipinski definition) is 1. The average molecular weight is 277 g/mol. The van der Waals surface area contributed by atoms with Gasteiger partial charge in [-0.3, -0.25) is 0 Å². The van der Waals surface area contributed by atoms with Gasteiger partial charge in [0.1, 0.15) is 5.82 Å². The van der Waals surface area contributed by atoms with E-state index in [2.05, 4.69) is 16.9 Å². The van der Waals surface area contributed by atoms with Crippen molar-refractivity contribution in [3.63, 3.8) is 0 Å².